The first-order chi connectivity index (χ1) is 8.48. The Bertz CT molecular complexity index is 425. The van der Waals surface area contributed by atoms with Crippen LogP contribution in [0.4, 0.5) is 0 Å². The Morgan fingerprint density at radius 2 is 2.33 bits per heavy atom. The highest BCUT2D eigenvalue weighted by atomic mass is 32.1. The van der Waals surface area contributed by atoms with Crippen LogP contribution in [0.5, 0.6) is 0 Å². The molecule has 0 aromatic carbocycles. The molecule has 0 saturated carbocycles. The van der Waals surface area contributed by atoms with Crippen molar-refractivity contribution >= 4 is 17.2 Å². The molecule has 1 fully saturated rings. The number of piperazine rings is 1. The van der Waals surface area contributed by atoms with Crippen molar-refractivity contribution in [3.8, 4) is 0 Å². The van der Waals surface area contributed by atoms with E-state index in [1.807, 2.05) is 4.90 Å². The fourth-order valence-electron chi connectivity index (χ4n) is 2.39. The van der Waals surface area contributed by atoms with Gasteiger partial charge in [0, 0.05) is 36.5 Å². The molecule has 0 spiro atoms. The number of thiophene rings is 1. The van der Waals surface area contributed by atoms with E-state index >= 15 is 0 Å². The van der Waals surface area contributed by atoms with Crippen molar-refractivity contribution in [3.63, 3.8) is 0 Å². The minimum atomic E-state index is 0.0484. The van der Waals surface area contributed by atoms with Crippen LogP contribution in [0.25, 0.3) is 0 Å². The van der Waals surface area contributed by atoms with Gasteiger partial charge in [-0.3, -0.25) is 4.79 Å². The summed E-state index contributed by atoms with van der Waals surface area (Å²) in [6, 6.07) is 2.12. The van der Waals surface area contributed by atoms with Crippen molar-refractivity contribution < 1.29 is 4.79 Å². The number of aryl methyl sites for hydroxylation is 2. The van der Waals surface area contributed by atoms with Crippen molar-refractivity contribution in [2.45, 2.75) is 39.2 Å². The average molecular weight is 266 g/mol. The second kappa shape index (κ2) is 5.41. The fourth-order valence-corrected chi connectivity index (χ4v) is 3.30. The number of nitrogens with zero attached hydrogens (tertiary/aromatic N) is 1. The molecule has 1 aromatic heterocycles. The SMILES string of the molecule is Cc1ccsc1CCC(=O)N1CCNC(C)(C)C1. The Kier molecular flexibility index (Phi) is 4.07. The van der Waals surface area contributed by atoms with Gasteiger partial charge in [0.2, 0.25) is 5.91 Å². The molecule has 2 heterocycles. The van der Waals surface area contributed by atoms with Gasteiger partial charge < -0.3 is 10.2 Å². The summed E-state index contributed by atoms with van der Waals surface area (Å²) >= 11 is 1.75. The van der Waals surface area contributed by atoms with Crippen LogP contribution >= 0.6 is 11.3 Å². The highest BCUT2D eigenvalue weighted by molar-refractivity contribution is 7.10. The number of nitrogens with one attached hydrogen (secondary N) is 1. The first kappa shape index (κ1) is 13.6. The van der Waals surface area contributed by atoms with Crippen LogP contribution in [0.15, 0.2) is 11.4 Å². The molecule has 3 nitrogen and oxygen atoms in total. The summed E-state index contributed by atoms with van der Waals surface area (Å²) in [5.41, 5.74) is 1.36. The van der Waals surface area contributed by atoms with Gasteiger partial charge >= 0.3 is 0 Å². The molecule has 1 saturated heterocycles. The zero-order valence-corrected chi connectivity index (χ0v) is 12.3. The zero-order valence-electron chi connectivity index (χ0n) is 11.5. The molecule has 100 valence electrons. The second-order valence-corrected chi connectivity index (χ2v) is 6.65. The summed E-state index contributed by atoms with van der Waals surface area (Å²) in [6.07, 6.45) is 1.52. The van der Waals surface area contributed by atoms with Gasteiger partial charge in [0.05, 0.1) is 0 Å². The third kappa shape index (κ3) is 3.33. The number of carbonyl (C=O) groups excluding carboxylic acids is 1. The summed E-state index contributed by atoms with van der Waals surface area (Å²) in [5.74, 6) is 0.289. The molecule has 1 aromatic rings. The molecule has 18 heavy (non-hydrogen) atoms. The van der Waals surface area contributed by atoms with Gasteiger partial charge in [-0.2, -0.15) is 0 Å². The standard InChI is InChI=1S/C14H22N2OS/c1-11-6-9-18-12(11)4-5-13(17)16-8-7-15-14(2,3)10-16/h6,9,15H,4-5,7-8,10H2,1-3H3. The van der Waals surface area contributed by atoms with Crippen molar-refractivity contribution in [2.75, 3.05) is 19.6 Å². The maximum atomic E-state index is 12.2. The van der Waals surface area contributed by atoms with Gasteiger partial charge in [-0.1, -0.05) is 0 Å². The molecule has 0 bridgehead atoms. The number of hydrogen-bond acceptors (Lipinski definition) is 3. The molecular formula is C14H22N2OS. The van der Waals surface area contributed by atoms with E-state index in [1.165, 1.54) is 10.4 Å². The van der Waals surface area contributed by atoms with Gasteiger partial charge in [-0.05, 0) is 44.2 Å². The van der Waals surface area contributed by atoms with E-state index in [2.05, 4.69) is 37.5 Å². The largest absolute Gasteiger partial charge is 0.340 e. The lowest BCUT2D eigenvalue weighted by atomic mass is 10.0. The van der Waals surface area contributed by atoms with Gasteiger partial charge in [-0.15, -0.1) is 11.3 Å². The molecule has 1 N–H and O–H groups in total. The highest BCUT2D eigenvalue weighted by Crippen LogP contribution is 2.18. The predicted molar refractivity (Wildman–Crippen MR) is 76.0 cm³/mol. The van der Waals surface area contributed by atoms with Crippen LogP contribution in [-0.4, -0.2) is 36.0 Å². The zero-order chi connectivity index (χ0) is 13.2. The van der Waals surface area contributed by atoms with E-state index in [4.69, 9.17) is 0 Å². The Morgan fingerprint density at radius 1 is 1.56 bits per heavy atom. The third-order valence-electron chi connectivity index (χ3n) is 3.46. The van der Waals surface area contributed by atoms with Crippen LogP contribution in [0.3, 0.4) is 0 Å². The quantitative estimate of drug-likeness (QED) is 0.909. The van der Waals surface area contributed by atoms with Crippen molar-refractivity contribution in [3.05, 3.63) is 21.9 Å². The first-order valence-corrected chi connectivity index (χ1v) is 7.42. The normalized spacial score (nSPS) is 18.9. The summed E-state index contributed by atoms with van der Waals surface area (Å²) in [5, 5.41) is 5.53. The van der Waals surface area contributed by atoms with Gasteiger partial charge in [0.1, 0.15) is 0 Å². The molecule has 0 atom stereocenters. The molecule has 0 unspecified atom stereocenters. The summed E-state index contributed by atoms with van der Waals surface area (Å²) in [7, 11) is 0. The van der Waals surface area contributed by atoms with E-state index in [0.717, 1.165) is 26.1 Å². The topological polar surface area (TPSA) is 32.3 Å². The van der Waals surface area contributed by atoms with Gasteiger partial charge in [0.15, 0.2) is 0 Å². The van der Waals surface area contributed by atoms with Crippen molar-refractivity contribution in [2.24, 2.45) is 0 Å². The molecule has 4 heteroatoms. The Labute approximate surface area is 113 Å². The molecule has 1 aliphatic rings. The molecule has 0 radical (unpaired) electrons. The minimum Gasteiger partial charge on any atom is -0.340 e. The smallest absolute Gasteiger partial charge is 0.223 e. The van der Waals surface area contributed by atoms with Gasteiger partial charge in [0.25, 0.3) is 0 Å². The third-order valence-corrected chi connectivity index (χ3v) is 4.54. The lowest BCUT2D eigenvalue weighted by Gasteiger charge is -2.39. The Balaban J connectivity index is 1.86. The van der Waals surface area contributed by atoms with Crippen molar-refractivity contribution in [1.29, 1.82) is 0 Å². The minimum absolute atomic E-state index is 0.0484. The second-order valence-electron chi connectivity index (χ2n) is 5.65. The summed E-state index contributed by atoms with van der Waals surface area (Å²) in [6.45, 7) is 8.97. The van der Waals surface area contributed by atoms with E-state index in [-0.39, 0.29) is 11.4 Å². The lowest BCUT2D eigenvalue weighted by Crippen LogP contribution is -2.58. The number of amides is 1. The van der Waals surface area contributed by atoms with E-state index < -0.39 is 0 Å². The molecule has 0 aliphatic carbocycles. The molecular weight excluding hydrogens is 244 g/mol. The molecule has 2 rings (SSSR count). The Morgan fingerprint density at radius 3 is 2.94 bits per heavy atom. The Hall–Kier alpha value is -0.870. The number of rotatable bonds is 3. The predicted octanol–water partition coefficient (Wildman–Crippen LogP) is 2.20. The van der Waals surface area contributed by atoms with Crippen LogP contribution in [0, 0.1) is 6.92 Å². The van der Waals surface area contributed by atoms with Crippen LogP contribution < -0.4 is 5.32 Å². The fraction of sp³-hybridized carbons (Fsp3) is 0.643. The maximum absolute atomic E-state index is 12.2. The molecule has 1 aliphatic heterocycles. The van der Waals surface area contributed by atoms with Crippen LogP contribution in [0.1, 0.15) is 30.7 Å². The maximum Gasteiger partial charge on any atom is 0.223 e. The number of carbonyl (C=O) groups is 1. The number of hydrogen-bond donors (Lipinski definition) is 1. The lowest BCUT2D eigenvalue weighted by molar-refractivity contribution is -0.133. The van der Waals surface area contributed by atoms with Crippen molar-refractivity contribution in [1.82, 2.24) is 10.2 Å². The van der Waals surface area contributed by atoms with Crippen LogP contribution in [-0.2, 0) is 11.2 Å². The molecule has 1 amide bonds. The summed E-state index contributed by atoms with van der Waals surface area (Å²) in [4.78, 5) is 15.5. The van der Waals surface area contributed by atoms with E-state index in [9.17, 15) is 4.79 Å². The average Bonchev–Trinajstić information content (AvgIpc) is 2.70. The monoisotopic (exact) mass is 266 g/mol. The van der Waals surface area contributed by atoms with Crippen LogP contribution in [0.2, 0.25) is 0 Å². The first-order valence-electron chi connectivity index (χ1n) is 6.54. The van der Waals surface area contributed by atoms with Gasteiger partial charge in [-0.25, -0.2) is 0 Å². The van der Waals surface area contributed by atoms with E-state index in [0.29, 0.717) is 6.42 Å². The highest BCUT2D eigenvalue weighted by Gasteiger charge is 2.28. The van der Waals surface area contributed by atoms with E-state index in [1.54, 1.807) is 11.3 Å². The summed E-state index contributed by atoms with van der Waals surface area (Å²) < 4.78 is 0.